The molecule has 0 unspecified atom stereocenters. The molecule has 0 radical (unpaired) electrons. The van der Waals surface area contributed by atoms with Gasteiger partial charge in [-0.05, 0) is 71.7 Å². The lowest BCUT2D eigenvalue weighted by molar-refractivity contribution is -0.135. The van der Waals surface area contributed by atoms with Crippen molar-refractivity contribution in [1.82, 2.24) is 4.90 Å². The van der Waals surface area contributed by atoms with Crippen molar-refractivity contribution in [2.24, 2.45) is 0 Å². The Labute approximate surface area is 123 Å². The predicted octanol–water partition coefficient (Wildman–Crippen LogP) is 3.75. The van der Waals surface area contributed by atoms with E-state index in [0.717, 1.165) is 5.69 Å². The molecular formula is C17H28N2O. The Morgan fingerprint density at radius 3 is 1.80 bits per heavy atom. The van der Waals surface area contributed by atoms with Crippen LogP contribution in [-0.4, -0.2) is 28.9 Å². The Kier molecular flexibility index (Phi) is 5.61. The number of benzene rings is 1. The number of carbonyl (C=O) groups is 1. The van der Waals surface area contributed by atoms with E-state index in [4.69, 9.17) is 0 Å². The normalized spacial score (nSPS) is 12.7. The van der Waals surface area contributed by atoms with Gasteiger partial charge in [-0.3, -0.25) is 4.79 Å². The quantitative estimate of drug-likeness (QED) is 0.888. The maximum Gasteiger partial charge on any atom is 0.245 e. The number of amides is 1. The number of nitrogens with zero attached hydrogens (tertiary/aromatic N) is 1. The van der Waals surface area contributed by atoms with Crippen molar-refractivity contribution in [2.75, 3.05) is 5.32 Å². The summed E-state index contributed by atoms with van der Waals surface area (Å²) in [7, 11) is 0. The van der Waals surface area contributed by atoms with Crippen LogP contribution in [0.15, 0.2) is 18.2 Å². The monoisotopic (exact) mass is 276 g/mol. The summed E-state index contributed by atoms with van der Waals surface area (Å²) < 4.78 is 0. The number of aryl methyl sites for hydroxylation is 2. The maximum absolute atomic E-state index is 12.6. The first-order valence-electron chi connectivity index (χ1n) is 7.39. The molecule has 0 aliphatic rings. The average molecular weight is 276 g/mol. The van der Waals surface area contributed by atoms with E-state index in [1.807, 2.05) is 11.8 Å². The molecule has 0 aliphatic carbocycles. The Bertz CT molecular complexity index is 438. The second kappa shape index (κ2) is 6.78. The molecule has 1 atom stereocenters. The van der Waals surface area contributed by atoms with Crippen LogP contribution in [0, 0.1) is 13.8 Å². The Morgan fingerprint density at radius 2 is 1.40 bits per heavy atom. The number of hydrogen-bond donors (Lipinski definition) is 1. The van der Waals surface area contributed by atoms with Gasteiger partial charge in [-0.2, -0.15) is 0 Å². The predicted molar refractivity (Wildman–Crippen MR) is 86.1 cm³/mol. The van der Waals surface area contributed by atoms with Crippen molar-refractivity contribution in [3.05, 3.63) is 29.3 Å². The second-order valence-corrected chi connectivity index (χ2v) is 6.18. The van der Waals surface area contributed by atoms with Gasteiger partial charge in [0.25, 0.3) is 0 Å². The van der Waals surface area contributed by atoms with Crippen LogP contribution in [0.25, 0.3) is 0 Å². The molecule has 1 aromatic carbocycles. The van der Waals surface area contributed by atoms with Gasteiger partial charge in [0.2, 0.25) is 5.91 Å². The fourth-order valence-corrected chi connectivity index (χ4v) is 2.70. The minimum Gasteiger partial charge on any atom is -0.374 e. The van der Waals surface area contributed by atoms with Crippen LogP contribution < -0.4 is 5.32 Å². The fourth-order valence-electron chi connectivity index (χ4n) is 2.70. The van der Waals surface area contributed by atoms with Crippen molar-refractivity contribution in [3.63, 3.8) is 0 Å². The van der Waals surface area contributed by atoms with Gasteiger partial charge in [0.05, 0.1) is 0 Å². The molecule has 3 nitrogen and oxygen atoms in total. The van der Waals surface area contributed by atoms with Crippen LogP contribution in [0.5, 0.6) is 0 Å². The topological polar surface area (TPSA) is 32.3 Å². The van der Waals surface area contributed by atoms with Crippen LogP contribution in [0.3, 0.4) is 0 Å². The molecule has 0 spiro atoms. The third kappa shape index (κ3) is 4.26. The first-order valence-corrected chi connectivity index (χ1v) is 7.39. The lowest BCUT2D eigenvalue weighted by Crippen LogP contribution is -2.48. The SMILES string of the molecule is Cc1cc(C)cc(N[C@H](C)C(=O)N(C(C)C)C(C)C)c1. The zero-order chi connectivity index (χ0) is 15.4. The summed E-state index contributed by atoms with van der Waals surface area (Å²) in [4.78, 5) is 14.5. The number of hydrogen-bond acceptors (Lipinski definition) is 2. The molecule has 0 saturated carbocycles. The summed E-state index contributed by atoms with van der Waals surface area (Å²) in [5.74, 6) is 0.147. The van der Waals surface area contributed by atoms with Gasteiger partial charge in [0.15, 0.2) is 0 Å². The molecule has 0 fully saturated rings. The summed E-state index contributed by atoms with van der Waals surface area (Å²) in [6.45, 7) is 14.3. The third-order valence-corrected chi connectivity index (χ3v) is 3.34. The smallest absolute Gasteiger partial charge is 0.245 e. The number of nitrogens with one attached hydrogen (secondary N) is 1. The summed E-state index contributed by atoms with van der Waals surface area (Å²) in [5.41, 5.74) is 3.42. The molecule has 0 aromatic heterocycles. The zero-order valence-electron chi connectivity index (χ0n) is 13.8. The molecule has 0 bridgehead atoms. The van der Waals surface area contributed by atoms with E-state index in [1.165, 1.54) is 11.1 Å². The lowest BCUT2D eigenvalue weighted by Gasteiger charge is -2.33. The van der Waals surface area contributed by atoms with E-state index in [1.54, 1.807) is 0 Å². The highest BCUT2D eigenvalue weighted by atomic mass is 16.2. The Morgan fingerprint density at radius 1 is 0.950 bits per heavy atom. The standard InChI is InChI=1S/C17H28N2O/c1-11(2)19(12(3)4)17(20)15(7)18-16-9-13(5)8-14(6)10-16/h8-12,15,18H,1-7H3/t15-/m1/s1. The van der Waals surface area contributed by atoms with Gasteiger partial charge in [-0.15, -0.1) is 0 Å². The highest BCUT2D eigenvalue weighted by molar-refractivity contribution is 5.84. The summed E-state index contributed by atoms with van der Waals surface area (Å²) in [5, 5.41) is 3.32. The molecule has 1 N–H and O–H groups in total. The molecule has 0 heterocycles. The van der Waals surface area contributed by atoms with Crippen molar-refractivity contribution >= 4 is 11.6 Å². The first kappa shape index (κ1) is 16.5. The highest BCUT2D eigenvalue weighted by Crippen LogP contribution is 2.16. The van der Waals surface area contributed by atoms with Crippen LogP contribution in [0.1, 0.15) is 45.7 Å². The van der Waals surface area contributed by atoms with E-state index < -0.39 is 0 Å². The van der Waals surface area contributed by atoms with Crippen LogP contribution >= 0.6 is 0 Å². The summed E-state index contributed by atoms with van der Waals surface area (Å²) in [6, 6.07) is 6.49. The van der Waals surface area contributed by atoms with Crippen LogP contribution in [0.2, 0.25) is 0 Å². The van der Waals surface area contributed by atoms with Crippen molar-refractivity contribution in [2.45, 2.75) is 66.6 Å². The van der Waals surface area contributed by atoms with Crippen molar-refractivity contribution in [1.29, 1.82) is 0 Å². The van der Waals surface area contributed by atoms with E-state index >= 15 is 0 Å². The van der Waals surface area contributed by atoms with E-state index in [2.05, 4.69) is 65.1 Å². The molecule has 1 aromatic rings. The minimum atomic E-state index is -0.221. The molecule has 3 heteroatoms. The molecule has 112 valence electrons. The van der Waals surface area contributed by atoms with Gasteiger partial charge >= 0.3 is 0 Å². The zero-order valence-corrected chi connectivity index (χ0v) is 13.8. The second-order valence-electron chi connectivity index (χ2n) is 6.18. The summed E-state index contributed by atoms with van der Waals surface area (Å²) in [6.07, 6.45) is 0. The van der Waals surface area contributed by atoms with Crippen LogP contribution in [0.4, 0.5) is 5.69 Å². The summed E-state index contributed by atoms with van der Waals surface area (Å²) >= 11 is 0. The Balaban J connectivity index is 2.84. The molecular weight excluding hydrogens is 248 g/mol. The van der Waals surface area contributed by atoms with Crippen molar-refractivity contribution < 1.29 is 4.79 Å². The lowest BCUT2D eigenvalue weighted by atomic mass is 10.1. The van der Waals surface area contributed by atoms with Gasteiger partial charge in [-0.25, -0.2) is 0 Å². The van der Waals surface area contributed by atoms with Gasteiger partial charge in [-0.1, -0.05) is 6.07 Å². The fraction of sp³-hybridized carbons (Fsp3) is 0.588. The Hall–Kier alpha value is -1.51. The average Bonchev–Trinajstić information content (AvgIpc) is 2.25. The number of anilines is 1. The minimum absolute atomic E-state index is 0.147. The maximum atomic E-state index is 12.6. The van der Waals surface area contributed by atoms with Crippen LogP contribution in [-0.2, 0) is 4.79 Å². The molecule has 1 amide bonds. The van der Waals surface area contributed by atoms with E-state index in [-0.39, 0.29) is 24.0 Å². The largest absolute Gasteiger partial charge is 0.374 e. The molecule has 20 heavy (non-hydrogen) atoms. The molecule has 0 saturated heterocycles. The van der Waals surface area contributed by atoms with E-state index in [9.17, 15) is 4.79 Å². The molecule has 1 rings (SSSR count). The van der Waals surface area contributed by atoms with E-state index in [0.29, 0.717) is 0 Å². The number of carbonyl (C=O) groups excluding carboxylic acids is 1. The highest BCUT2D eigenvalue weighted by Gasteiger charge is 2.24. The van der Waals surface area contributed by atoms with Gasteiger partial charge < -0.3 is 10.2 Å². The first-order chi connectivity index (χ1) is 9.22. The number of rotatable bonds is 5. The molecule has 0 aliphatic heterocycles. The van der Waals surface area contributed by atoms with Crippen molar-refractivity contribution in [3.8, 4) is 0 Å². The third-order valence-electron chi connectivity index (χ3n) is 3.34. The van der Waals surface area contributed by atoms with Gasteiger partial charge in [0.1, 0.15) is 6.04 Å². The van der Waals surface area contributed by atoms with Gasteiger partial charge in [0, 0.05) is 17.8 Å².